The summed E-state index contributed by atoms with van der Waals surface area (Å²) in [5, 5.41) is 0.202. The van der Waals surface area contributed by atoms with Gasteiger partial charge in [-0.3, -0.25) is 4.79 Å². The molecule has 0 aliphatic heterocycles. The fourth-order valence-corrected chi connectivity index (χ4v) is 4.31. The van der Waals surface area contributed by atoms with Gasteiger partial charge in [-0.25, -0.2) is 13.9 Å². The van der Waals surface area contributed by atoms with Crippen LogP contribution in [-0.4, -0.2) is 35.4 Å². The first-order chi connectivity index (χ1) is 12.4. The summed E-state index contributed by atoms with van der Waals surface area (Å²) in [5.41, 5.74) is 1.38. The molecule has 0 aliphatic carbocycles. The van der Waals surface area contributed by atoms with Gasteiger partial charge in [-0.2, -0.15) is 8.42 Å². The van der Waals surface area contributed by atoms with Crippen molar-refractivity contribution in [2.24, 2.45) is 0 Å². The second-order valence-electron chi connectivity index (χ2n) is 5.54. The Morgan fingerprint density at radius 2 is 2.08 bits per heavy atom. The van der Waals surface area contributed by atoms with Gasteiger partial charge in [0.15, 0.2) is 5.03 Å². The number of hydrogen-bond donors (Lipinski definition) is 0. The van der Waals surface area contributed by atoms with Crippen molar-refractivity contribution in [3.05, 3.63) is 53.4 Å². The molecule has 0 atom stereocenters. The lowest BCUT2D eigenvalue weighted by Crippen LogP contribution is -2.17. The second-order valence-corrected chi connectivity index (χ2v) is 7.66. The number of hydrogen-bond acceptors (Lipinski definition) is 6. The summed E-state index contributed by atoms with van der Waals surface area (Å²) in [6, 6.07) is 9.49. The van der Waals surface area contributed by atoms with E-state index in [2.05, 4.69) is 14.7 Å². The summed E-state index contributed by atoms with van der Waals surface area (Å²) >= 11 is 5.93. The number of carbonyl (C=O) groups excluding carboxylic acids is 1. The van der Waals surface area contributed by atoms with Crippen molar-refractivity contribution in [3.8, 4) is 0 Å². The third-order valence-electron chi connectivity index (χ3n) is 3.84. The van der Waals surface area contributed by atoms with E-state index in [1.54, 1.807) is 24.3 Å². The van der Waals surface area contributed by atoms with Crippen molar-refractivity contribution in [2.75, 3.05) is 7.11 Å². The van der Waals surface area contributed by atoms with Gasteiger partial charge in [0.2, 0.25) is 0 Å². The topological polar surface area (TPSA) is 91.1 Å². The molecule has 7 nitrogen and oxygen atoms in total. The third kappa shape index (κ3) is 3.56. The number of carbonyl (C=O) groups is 1. The van der Waals surface area contributed by atoms with Crippen LogP contribution in [0.2, 0.25) is 5.15 Å². The number of halogens is 1. The maximum atomic E-state index is 13.1. The average Bonchev–Trinajstić information content (AvgIpc) is 3.00. The van der Waals surface area contributed by atoms with Gasteiger partial charge in [-0.1, -0.05) is 17.7 Å². The van der Waals surface area contributed by atoms with E-state index in [9.17, 15) is 13.2 Å². The van der Waals surface area contributed by atoms with Crippen LogP contribution < -0.4 is 0 Å². The predicted octanol–water partition coefficient (Wildman–Crippen LogP) is 2.82. The molecule has 0 aliphatic rings. The van der Waals surface area contributed by atoms with Crippen LogP contribution in [0.1, 0.15) is 18.5 Å². The highest BCUT2D eigenvalue weighted by molar-refractivity contribution is 7.90. The van der Waals surface area contributed by atoms with E-state index in [4.69, 9.17) is 11.6 Å². The van der Waals surface area contributed by atoms with Crippen LogP contribution in [0.25, 0.3) is 11.0 Å². The van der Waals surface area contributed by atoms with Crippen molar-refractivity contribution in [3.63, 3.8) is 0 Å². The average molecular weight is 394 g/mol. The molecule has 0 saturated heterocycles. The molecule has 0 amide bonds. The molecule has 3 heterocycles. The molecule has 26 heavy (non-hydrogen) atoms. The highest BCUT2D eigenvalue weighted by atomic mass is 35.5. The van der Waals surface area contributed by atoms with Crippen LogP contribution in [0.4, 0.5) is 0 Å². The third-order valence-corrected chi connectivity index (χ3v) is 5.73. The number of nitrogens with zero attached hydrogens (tertiary/aromatic N) is 3. The molecule has 0 spiro atoms. The zero-order valence-corrected chi connectivity index (χ0v) is 15.5. The fourth-order valence-electron chi connectivity index (χ4n) is 2.66. The number of aryl methyl sites for hydroxylation is 1. The minimum Gasteiger partial charge on any atom is -0.469 e. The summed E-state index contributed by atoms with van der Waals surface area (Å²) in [7, 11) is -2.60. The standard InChI is InChI=1S/C17H16ClN3O4S/c1-25-17(22)7-4-5-12-11-13-14(8-9-15(18)20-13)21(12)26(23,24)16-6-2-3-10-19-16/h2-3,6,8-11H,4-5,7H2,1H3. The molecule has 0 N–H and O–H groups in total. The van der Waals surface area contributed by atoms with Crippen molar-refractivity contribution >= 4 is 38.6 Å². The van der Waals surface area contributed by atoms with E-state index in [1.165, 1.54) is 29.4 Å². The summed E-state index contributed by atoms with van der Waals surface area (Å²) in [5.74, 6) is -0.346. The Morgan fingerprint density at radius 1 is 1.27 bits per heavy atom. The van der Waals surface area contributed by atoms with Crippen LogP contribution in [0.3, 0.4) is 0 Å². The predicted molar refractivity (Wildman–Crippen MR) is 96.5 cm³/mol. The summed E-state index contributed by atoms with van der Waals surface area (Å²) in [6.45, 7) is 0. The number of aromatic nitrogens is 3. The molecule has 0 unspecified atom stereocenters. The number of pyridine rings is 2. The minimum atomic E-state index is -3.92. The summed E-state index contributed by atoms with van der Waals surface area (Å²) in [6.07, 6.45) is 2.41. The molecule has 0 saturated carbocycles. The first-order valence-electron chi connectivity index (χ1n) is 7.84. The van der Waals surface area contributed by atoms with Crippen LogP contribution in [-0.2, 0) is 26.0 Å². The fraction of sp³-hybridized carbons (Fsp3) is 0.235. The number of rotatable bonds is 6. The lowest BCUT2D eigenvalue weighted by molar-refractivity contribution is -0.140. The molecule has 0 aromatic carbocycles. The van der Waals surface area contributed by atoms with Gasteiger partial charge in [-0.15, -0.1) is 0 Å². The van der Waals surface area contributed by atoms with Gasteiger partial charge in [0.25, 0.3) is 10.0 Å². The Morgan fingerprint density at radius 3 is 2.77 bits per heavy atom. The SMILES string of the molecule is COC(=O)CCCc1cc2nc(Cl)ccc2n1S(=O)(=O)c1ccccn1. The molecular weight excluding hydrogens is 378 g/mol. The summed E-state index contributed by atoms with van der Waals surface area (Å²) < 4.78 is 32.1. The largest absolute Gasteiger partial charge is 0.469 e. The van der Waals surface area contributed by atoms with E-state index >= 15 is 0 Å². The van der Waals surface area contributed by atoms with E-state index in [-0.39, 0.29) is 22.6 Å². The molecule has 9 heteroatoms. The lowest BCUT2D eigenvalue weighted by Gasteiger charge is -2.11. The number of methoxy groups -OCH3 is 1. The van der Waals surface area contributed by atoms with Gasteiger partial charge in [0.05, 0.1) is 18.1 Å². The quantitative estimate of drug-likeness (QED) is 0.472. The Hall–Kier alpha value is -2.45. The monoisotopic (exact) mass is 393 g/mol. The Kier molecular flexibility index (Phi) is 5.24. The molecule has 136 valence electrons. The van der Waals surface area contributed by atoms with Gasteiger partial charge in [-0.05, 0) is 43.2 Å². The molecular formula is C17H16ClN3O4S. The number of fused-ring (bicyclic) bond motifs is 1. The molecule has 0 bridgehead atoms. The van der Waals surface area contributed by atoms with E-state index in [0.717, 1.165) is 0 Å². The Balaban J connectivity index is 2.09. The lowest BCUT2D eigenvalue weighted by atomic mass is 10.2. The second kappa shape index (κ2) is 7.43. The van der Waals surface area contributed by atoms with Crippen LogP contribution >= 0.6 is 11.6 Å². The van der Waals surface area contributed by atoms with Crippen LogP contribution in [0.5, 0.6) is 0 Å². The highest BCUT2D eigenvalue weighted by Crippen LogP contribution is 2.26. The number of esters is 1. The van der Waals surface area contributed by atoms with Crippen molar-refractivity contribution in [1.29, 1.82) is 0 Å². The van der Waals surface area contributed by atoms with Gasteiger partial charge < -0.3 is 4.74 Å². The molecule has 3 aromatic heterocycles. The first-order valence-corrected chi connectivity index (χ1v) is 9.65. The zero-order chi connectivity index (χ0) is 18.7. The highest BCUT2D eigenvalue weighted by Gasteiger charge is 2.24. The smallest absolute Gasteiger partial charge is 0.305 e. The van der Waals surface area contributed by atoms with E-state index in [1.807, 2.05) is 0 Å². The van der Waals surface area contributed by atoms with Gasteiger partial charge in [0.1, 0.15) is 5.15 Å². The minimum absolute atomic E-state index is 0.0679. The van der Waals surface area contributed by atoms with E-state index < -0.39 is 10.0 Å². The van der Waals surface area contributed by atoms with Crippen molar-refractivity contribution in [1.82, 2.24) is 13.9 Å². The first kappa shape index (κ1) is 18.3. The number of ether oxygens (including phenoxy) is 1. The Labute approximate surface area is 155 Å². The van der Waals surface area contributed by atoms with Crippen LogP contribution in [0.15, 0.2) is 47.6 Å². The summed E-state index contributed by atoms with van der Waals surface area (Å²) in [4.78, 5) is 19.5. The van der Waals surface area contributed by atoms with Crippen molar-refractivity contribution < 1.29 is 17.9 Å². The maximum absolute atomic E-state index is 13.1. The van der Waals surface area contributed by atoms with Crippen molar-refractivity contribution in [2.45, 2.75) is 24.3 Å². The van der Waals surface area contributed by atoms with Gasteiger partial charge in [0, 0.05) is 18.3 Å². The maximum Gasteiger partial charge on any atom is 0.305 e. The molecule has 3 aromatic rings. The molecule has 3 rings (SSSR count). The van der Waals surface area contributed by atoms with Gasteiger partial charge >= 0.3 is 5.97 Å². The molecule has 0 fully saturated rings. The van der Waals surface area contributed by atoms with E-state index in [0.29, 0.717) is 29.6 Å². The Bertz CT molecular complexity index is 1050. The molecule has 0 radical (unpaired) electrons. The zero-order valence-electron chi connectivity index (χ0n) is 13.9. The normalized spacial score (nSPS) is 11.6. The van der Waals surface area contributed by atoms with Crippen LogP contribution in [0, 0.1) is 0 Å².